The Labute approximate surface area is 132 Å². The van der Waals surface area contributed by atoms with Gasteiger partial charge in [-0.2, -0.15) is 0 Å². The SMILES string of the molecule is CC(=O)N[C@@H]1[C@@H](O)[C@H](O)[C@@H](CO)O[C@H]1NC(=O)CC(C)C(=O)O. The second-order valence-electron chi connectivity index (χ2n) is 5.50. The first-order chi connectivity index (χ1) is 10.7. The number of carboxylic acid groups (broad SMARTS) is 1. The smallest absolute Gasteiger partial charge is 0.306 e. The number of hydrogen-bond acceptors (Lipinski definition) is 7. The summed E-state index contributed by atoms with van der Waals surface area (Å²) in [5.74, 6) is -3.26. The Balaban J connectivity index is 2.82. The number of ether oxygens (including phenoxy) is 1. The summed E-state index contributed by atoms with van der Waals surface area (Å²) < 4.78 is 5.29. The number of aliphatic carboxylic acids is 1. The van der Waals surface area contributed by atoms with E-state index in [-0.39, 0.29) is 6.42 Å². The second kappa shape index (κ2) is 8.20. The molecular formula is C13H22N2O8. The van der Waals surface area contributed by atoms with Gasteiger partial charge in [0.1, 0.15) is 24.4 Å². The molecule has 0 bridgehead atoms. The summed E-state index contributed by atoms with van der Waals surface area (Å²) in [5, 5.41) is 42.5. The number of rotatable bonds is 6. The van der Waals surface area contributed by atoms with Crippen molar-refractivity contribution in [3.63, 3.8) is 0 Å². The monoisotopic (exact) mass is 334 g/mol. The quantitative estimate of drug-likeness (QED) is 0.302. The number of amides is 2. The maximum absolute atomic E-state index is 11.9. The van der Waals surface area contributed by atoms with Crippen molar-refractivity contribution in [2.24, 2.45) is 5.92 Å². The van der Waals surface area contributed by atoms with Crippen molar-refractivity contribution < 1.29 is 39.5 Å². The third-order valence-electron chi connectivity index (χ3n) is 3.51. The summed E-state index contributed by atoms with van der Waals surface area (Å²) in [4.78, 5) is 33.8. The highest BCUT2D eigenvalue weighted by Gasteiger charge is 2.45. The molecule has 1 aliphatic rings. The maximum Gasteiger partial charge on any atom is 0.306 e. The number of carboxylic acids is 1. The van der Waals surface area contributed by atoms with Crippen LogP contribution in [0.1, 0.15) is 20.3 Å². The van der Waals surface area contributed by atoms with Gasteiger partial charge in [-0.15, -0.1) is 0 Å². The molecule has 1 aliphatic heterocycles. The molecule has 23 heavy (non-hydrogen) atoms. The largest absolute Gasteiger partial charge is 0.481 e. The van der Waals surface area contributed by atoms with E-state index >= 15 is 0 Å². The molecule has 0 aromatic rings. The van der Waals surface area contributed by atoms with E-state index in [1.165, 1.54) is 13.8 Å². The number of aliphatic hydroxyl groups is 3. The van der Waals surface area contributed by atoms with Crippen LogP contribution in [-0.2, 0) is 19.1 Å². The van der Waals surface area contributed by atoms with E-state index in [1.54, 1.807) is 0 Å². The van der Waals surface area contributed by atoms with Gasteiger partial charge >= 0.3 is 5.97 Å². The van der Waals surface area contributed by atoms with Gasteiger partial charge in [-0.05, 0) is 0 Å². The van der Waals surface area contributed by atoms with Crippen LogP contribution < -0.4 is 10.6 Å². The predicted molar refractivity (Wildman–Crippen MR) is 74.9 cm³/mol. The summed E-state index contributed by atoms with van der Waals surface area (Å²) in [6.07, 6.45) is -5.64. The molecule has 6 N–H and O–H groups in total. The summed E-state index contributed by atoms with van der Waals surface area (Å²) in [6.45, 7) is 1.93. The minimum atomic E-state index is -1.48. The molecule has 132 valence electrons. The van der Waals surface area contributed by atoms with Crippen LogP contribution in [0.5, 0.6) is 0 Å². The van der Waals surface area contributed by atoms with E-state index in [1.807, 2.05) is 0 Å². The molecular weight excluding hydrogens is 312 g/mol. The number of carbonyl (C=O) groups excluding carboxylic acids is 2. The Bertz CT molecular complexity index is 457. The minimum absolute atomic E-state index is 0.329. The third kappa shape index (κ3) is 5.13. The van der Waals surface area contributed by atoms with Crippen molar-refractivity contribution in [2.75, 3.05) is 6.61 Å². The van der Waals surface area contributed by atoms with Crippen LogP contribution >= 0.6 is 0 Å². The average Bonchev–Trinajstić information content (AvgIpc) is 2.46. The van der Waals surface area contributed by atoms with E-state index in [2.05, 4.69) is 10.6 Å². The highest BCUT2D eigenvalue weighted by Crippen LogP contribution is 2.20. The van der Waals surface area contributed by atoms with Gasteiger partial charge in [0.25, 0.3) is 0 Å². The molecule has 1 rings (SSSR count). The second-order valence-corrected chi connectivity index (χ2v) is 5.50. The summed E-state index contributed by atoms with van der Waals surface area (Å²) >= 11 is 0. The Morgan fingerprint density at radius 1 is 1.17 bits per heavy atom. The van der Waals surface area contributed by atoms with Crippen molar-refractivity contribution in [2.45, 2.75) is 50.8 Å². The standard InChI is InChI=1S/C13H22N2O8/c1-5(13(21)22)3-8(18)15-12-9(14-6(2)17)11(20)10(19)7(4-16)23-12/h5,7,9-12,16,19-20H,3-4H2,1-2H3,(H,14,17)(H,15,18)(H,21,22)/t5?,7-,9-,10-,11-,12-/m1/s1. The van der Waals surface area contributed by atoms with Gasteiger partial charge in [-0.1, -0.05) is 6.92 Å². The molecule has 10 nitrogen and oxygen atoms in total. The number of hydrogen-bond donors (Lipinski definition) is 6. The Kier molecular flexibility index (Phi) is 6.88. The van der Waals surface area contributed by atoms with Crippen LogP contribution in [0.2, 0.25) is 0 Å². The highest BCUT2D eigenvalue weighted by atomic mass is 16.5. The number of aliphatic hydroxyl groups excluding tert-OH is 3. The lowest BCUT2D eigenvalue weighted by Crippen LogP contribution is -2.68. The maximum atomic E-state index is 11.9. The molecule has 0 aliphatic carbocycles. The van der Waals surface area contributed by atoms with Gasteiger partial charge in [0.05, 0.1) is 12.5 Å². The number of carbonyl (C=O) groups is 3. The van der Waals surface area contributed by atoms with Crippen LogP contribution in [0.4, 0.5) is 0 Å². The van der Waals surface area contributed by atoms with E-state index < -0.39 is 60.9 Å². The molecule has 10 heteroatoms. The van der Waals surface area contributed by atoms with Crippen molar-refractivity contribution in [3.05, 3.63) is 0 Å². The van der Waals surface area contributed by atoms with E-state index in [4.69, 9.17) is 14.9 Å². The molecule has 0 radical (unpaired) electrons. The molecule has 1 heterocycles. The fourth-order valence-electron chi connectivity index (χ4n) is 2.22. The average molecular weight is 334 g/mol. The Morgan fingerprint density at radius 2 is 1.78 bits per heavy atom. The van der Waals surface area contributed by atoms with E-state index in [0.717, 1.165) is 0 Å². The van der Waals surface area contributed by atoms with E-state index in [0.29, 0.717) is 0 Å². The first-order valence-electron chi connectivity index (χ1n) is 7.09. The topological polar surface area (TPSA) is 165 Å². The van der Waals surface area contributed by atoms with Crippen molar-refractivity contribution in [1.29, 1.82) is 0 Å². The molecule has 1 saturated heterocycles. The van der Waals surface area contributed by atoms with E-state index in [9.17, 15) is 24.6 Å². The van der Waals surface area contributed by atoms with Gasteiger partial charge in [-0.3, -0.25) is 14.4 Å². The predicted octanol–water partition coefficient (Wildman–Crippen LogP) is -2.84. The molecule has 6 atom stereocenters. The van der Waals surface area contributed by atoms with Gasteiger partial charge in [0.2, 0.25) is 11.8 Å². The normalized spacial score (nSPS) is 32.0. The zero-order valence-corrected chi connectivity index (χ0v) is 12.8. The molecule has 0 saturated carbocycles. The number of nitrogens with one attached hydrogen (secondary N) is 2. The molecule has 0 aromatic carbocycles. The van der Waals surface area contributed by atoms with Crippen LogP contribution in [0, 0.1) is 5.92 Å². The third-order valence-corrected chi connectivity index (χ3v) is 3.51. The van der Waals surface area contributed by atoms with Gasteiger partial charge in [-0.25, -0.2) is 0 Å². The van der Waals surface area contributed by atoms with Crippen molar-refractivity contribution in [1.82, 2.24) is 10.6 Å². The van der Waals surface area contributed by atoms with Crippen LogP contribution in [0.3, 0.4) is 0 Å². The lowest BCUT2D eigenvalue weighted by Gasteiger charge is -2.42. The zero-order valence-electron chi connectivity index (χ0n) is 12.8. The lowest BCUT2D eigenvalue weighted by molar-refractivity contribution is -0.203. The van der Waals surface area contributed by atoms with Crippen LogP contribution in [0.15, 0.2) is 0 Å². The van der Waals surface area contributed by atoms with Gasteiger partial charge in [0.15, 0.2) is 6.23 Å². The molecule has 0 spiro atoms. The van der Waals surface area contributed by atoms with Gasteiger partial charge in [0, 0.05) is 13.3 Å². The summed E-state index contributed by atoms with van der Waals surface area (Å²) in [6, 6.07) is -1.14. The van der Waals surface area contributed by atoms with Crippen LogP contribution in [-0.4, -0.2) is 75.4 Å². The fraction of sp³-hybridized carbons (Fsp3) is 0.769. The zero-order chi connectivity index (χ0) is 17.7. The molecule has 1 fully saturated rings. The molecule has 0 aromatic heterocycles. The molecule has 2 amide bonds. The van der Waals surface area contributed by atoms with Gasteiger partial charge < -0.3 is 35.8 Å². The summed E-state index contributed by atoms with van der Waals surface area (Å²) in [7, 11) is 0. The fourth-order valence-corrected chi connectivity index (χ4v) is 2.22. The van der Waals surface area contributed by atoms with Crippen molar-refractivity contribution in [3.8, 4) is 0 Å². The molecule has 1 unspecified atom stereocenters. The first kappa shape index (κ1) is 19.3. The summed E-state index contributed by atoms with van der Waals surface area (Å²) in [5.41, 5.74) is 0. The lowest BCUT2D eigenvalue weighted by atomic mass is 9.95. The highest BCUT2D eigenvalue weighted by molar-refractivity contribution is 5.82. The first-order valence-corrected chi connectivity index (χ1v) is 7.09. The van der Waals surface area contributed by atoms with Crippen molar-refractivity contribution >= 4 is 17.8 Å². The Morgan fingerprint density at radius 3 is 2.26 bits per heavy atom. The minimum Gasteiger partial charge on any atom is -0.481 e. The Hall–Kier alpha value is -1.75. The van der Waals surface area contributed by atoms with Crippen LogP contribution in [0.25, 0.3) is 0 Å².